The number of rotatable bonds is 8. The minimum Gasteiger partial charge on any atom is -0.339 e. The number of halogens is 1. The van der Waals surface area contributed by atoms with E-state index in [0.29, 0.717) is 23.5 Å². The minimum atomic E-state index is 0.388. The van der Waals surface area contributed by atoms with Crippen molar-refractivity contribution < 1.29 is 4.52 Å². The molecule has 2 aromatic rings. The standard InChI is InChI=1S/C15H20ClN3OS/c1-3-11(17-4-2)9-15-18-14(19-20-15)10-21-13-8-6-5-7-12(13)16/h5-8,11,17H,3-4,9-10H2,1-2H3. The van der Waals surface area contributed by atoms with Gasteiger partial charge in [0.05, 0.1) is 10.8 Å². The first-order valence-electron chi connectivity index (χ1n) is 7.15. The van der Waals surface area contributed by atoms with Crippen molar-refractivity contribution in [1.29, 1.82) is 0 Å². The third kappa shape index (κ3) is 5.02. The molecule has 114 valence electrons. The van der Waals surface area contributed by atoms with Gasteiger partial charge in [0.25, 0.3) is 0 Å². The van der Waals surface area contributed by atoms with Crippen molar-refractivity contribution in [3.05, 3.63) is 41.0 Å². The Balaban J connectivity index is 1.90. The Morgan fingerprint density at radius 1 is 1.33 bits per heavy atom. The van der Waals surface area contributed by atoms with E-state index in [1.165, 1.54) is 0 Å². The summed E-state index contributed by atoms with van der Waals surface area (Å²) in [7, 11) is 0. The molecule has 6 heteroatoms. The van der Waals surface area contributed by atoms with Gasteiger partial charge in [-0.25, -0.2) is 0 Å². The second-order valence-electron chi connectivity index (χ2n) is 4.69. The first-order chi connectivity index (χ1) is 10.2. The topological polar surface area (TPSA) is 51.0 Å². The Hall–Kier alpha value is -1.04. The van der Waals surface area contributed by atoms with Gasteiger partial charge in [-0.15, -0.1) is 11.8 Å². The highest BCUT2D eigenvalue weighted by Crippen LogP contribution is 2.28. The van der Waals surface area contributed by atoms with Crippen molar-refractivity contribution in [3.63, 3.8) is 0 Å². The zero-order valence-electron chi connectivity index (χ0n) is 12.3. The largest absolute Gasteiger partial charge is 0.339 e. The van der Waals surface area contributed by atoms with Crippen LogP contribution in [0.4, 0.5) is 0 Å². The van der Waals surface area contributed by atoms with E-state index in [4.69, 9.17) is 16.1 Å². The molecule has 0 bridgehead atoms. The lowest BCUT2D eigenvalue weighted by atomic mass is 10.1. The van der Waals surface area contributed by atoms with Gasteiger partial charge in [0.15, 0.2) is 5.82 Å². The fourth-order valence-electron chi connectivity index (χ4n) is 2.00. The summed E-state index contributed by atoms with van der Waals surface area (Å²) in [6, 6.07) is 8.15. The Labute approximate surface area is 134 Å². The van der Waals surface area contributed by atoms with E-state index >= 15 is 0 Å². The quantitative estimate of drug-likeness (QED) is 0.745. The van der Waals surface area contributed by atoms with E-state index in [0.717, 1.165) is 29.3 Å². The van der Waals surface area contributed by atoms with Gasteiger partial charge >= 0.3 is 0 Å². The molecule has 0 aliphatic rings. The molecular weight excluding hydrogens is 306 g/mol. The summed E-state index contributed by atoms with van der Waals surface area (Å²) < 4.78 is 5.31. The van der Waals surface area contributed by atoms with E-state index in [-0.39, 0.29) is 0 Å². The second kappa shape index (κ2) is 8.41. The smallest absolute Gasteiger partial charge is 0.228 e. The third-order valence-electron chi connectivity index (χ3n) is 3.11. The van der Waals surface area contributed by atoms with Crippen molar-refractivity contribution in [2.24, 2.45) is 0 Å². The predicted molar refractivity (Wildman–Crippen MR) is 86.8 cm³/mol. The van der Waals surface area contributed by atoms with Crippen molar-refractivity contribution in [2.75, 3.05) is 6.54 Å². The van der Waals surface area contributed by atoms with Crippen LogP contribution in [-0.4, -0.2) is 22.7 Å². The summed E-state index contributed by atoms with van der Waals surface area (Å²) in [5, 5.41) is 8.19. The van der Waals surface area contributed by atoms with Crippen LogP contribution in [-0.2, 0) is 12.2 Å². The first kappa shape index (κ1) is 16.3. The molecule has 1 N–H and O–H groups in total. The van der Waals surface area contributed by atoms with Crippen molar-refractivity contribution >= 4 is 23.4 Å². The highest BCUT2D eigenvalue weighted by Gasteiger charge is 2.12. The molecule has 21 heavy (non-hydrogen) atoms. The molecule has 0 spiro atoms. The van der Waals surface area contributed by atoms with Crippen LogP contribution in [0.2, 0.25) is 5.02 Å². The maximum Gasteiger partial charge on any atom is 0.228 e. The van der Waals surface area contributed by atoms with Gasteiger partial charge in [0.2, 0.25) is 5.89 Å². The lowest BCUT2D eigenvalue weighted by Gasteiger charge is -2.12. The molecule has 0 amide bonds. The number of nitrogens with zero attached hydrogens (tertiary/aromatic N) is 2. The second-order valence-corrected chi connectivity index (χ2v) is 6.11. The van der Waals surface area contributed by atoms with Gasteiger partial charge in [-0.1, -0.05) is 42.7 Å². The zero-order valence-corrected chi connectivity index (χ0v) is 13.9. The summed E-state index contributed by atoms with van der Waals surface area (Å²) in [6.45, 7) is 5.20. The van der Waals surface area contributed by atoms with Crippen LogP contribution < -0.4 is 5.32 Å². The summed E-state index contributed by atoms with van der Waals surface area (Å²) in [4.78, 5) is 5.48. The molecule has 0 aliphatic carbocycles. The number of aromatic nitrogens is 2. The van der Waals surface area contributed by atoms with E-state index in [2.05, 4.69) is 29.3 Å². The predicted octanol–water partition coefficient (Wildman–Crippen LogP) is 3.95. The lowest BCUT2D eigenvalue weighted by molar-refractivity contribution is 0.352. The Morgan fingerprint density at radius 2 is 2.14 bits per heavy atom. The fourth-order valence-corrected chi connectivity index (χ4v) is 3.08. The van der Waals surface area contributed by atoms with Crippen LogP contribution in [0.5, 0.6) is 0 Å². The fraction of sp³-hybridized carbons (Fsp3) is 0.467. The molecule has 1 unspecified atom stereocenters. The van der Waals surface area contributed by atoms with E-state index in [9.17, 15) is 0 Å². The SMILES string of the molecule is CCNC(CC)Cc1nc(CSc2ccccc2Cl)no1. The van der Waals surface area contributed by atoms with Crippen molar-refractivity contribution in [3.8, 4) is 0 Å². The molecule has 2 rings (SSSR count). The zero-order chi connectivity index (χ0) is 15.1. The van der Waals surface area contributed by atoms with Crippen LogP contribution in [0.1, 0.15) is 32.0 Å². The Kier molecular flexibility index (Phi) is 6.54. The van der Waals surface area contributed by atoms with Crippen LogP contribution in [0, 0.1) is 0 Å². The number of hydrogen-bond donors (Lipinski definition) is 1. The van der Waals surface area contributed by atoms with Crippen LogP contribution in [0.3, 0.4) is 0 Å². The molecule has 0 saturated carbocycles. The number of benzene rings is 1. The van der Waals surface area contributed by atoms with Gasteiger partial charge < -0.3 is 9.84 Å². The maximum absolute atomic E-state index is 6.12. The summed E-state index contributed by atoms with van der Waals surface area (Å²) >= 11 is 7.74. The third-order valence-corrected chi connectivity index (χ3v) is 4.62. The van der Waals surface area contributed by atoms with Crippen LogP contribution in [0.15, 0.2) is 33.7 Å². The normalized spacial score (nSPS) is 12.5. The first-order valence-corrected chi connectivity index (χ1v) is 8.51. The average Bonchev–Trinajstić information content (AvgIpc) is 2.93. The van der Waals surface area contributed by atoms with Crippen LogP contribution in [0.25, 0.3) is 0 Å². The van der Waals surface area contributed by atoms with E-state index in [1.54, 1.807) is 11.8 Å². The number of hydrogen-bond acceptors (Lipinski definition) is 5. The maximum atomic E-state index is 6.12. The van der Waals surface area contributed by atoms with E-state index in [1.807, 2.05) is 24.3 Å². The summed E-state index contributed by atoms with van der Waals surface area (Å²) in [5.41, 5.74) is 0. The van der Waals surface area contributed by atoms with Gasteiger partial charge in [0.1, 0.15) is 0 Å². The molecule has 0 saturated heterocycles. The highest BCUT2D eigenvalue weighted by atomic mass is 35.5. The number of nitrogens with one attached hydrogen (secondary N) is 1. The monoisotopic (exact) mass is 325 g/mol. The lowest BCUT2D eigenvalue weighted by Crippen LogP contribution is -2.30. The number of likely N-dealkylation sites (N-methyl/N-ethyl adjacent to an activating group) is 1. The van der Waals surface area contributed by atoms with Crippen molar-refractivity contribution in [1.82, 2.24) is 15.5 Å². The molecule has 1 aromatic carbocycles. The molecule has 1 aromatic heterocycles. The van der Waals surface area contributed by atoms with Crippen LogP contribution >= 0.6 is 23.4 Å². The molecule has 4 nitrogen and oxygen atoms in total. The summed E-state index contributed by atoms with van der Waals surface area (Å²) in [6.07, 6.45) is 1.81. The van der Waals surface area contributed by atoms with Gasteiger partial charge in [-0.2, -0.15) is 4.98 Å². The number of thioether (sulfide) groups is 1. The molecule has 0 radical (unpaired) electrons. The molecule has 0 fully saturated rings. The van der Waals surface area contributed by atoms with Gasteiger partial charge in [-0.3, -0.25) is 0 Å². The Morgan fingerprint density at radius 3 is 2.86 bits per heavy atom. The van der Waals surface area contributed by atoms with E-state index < -0.39 is 0 Å². The summed E-state index contributed by atoms with van der Waals surface area (Å²) in [5.74, 6) is 2.06. The molecule has 1 heterocycles. The molecule has 1 atom stereocenters. The van der Waals surface area contributed by atoms with Gasteiger partial charge in [0, 0.05) is 17.4 Å². The average molecular weight is 326 g/mol. The molecular formula is C15H20ClN3OS. The van der Waals surface area contributed by atoms with Crippen molar-refractivity contribution in [2.45, 2.75) is 43.4 Å². The minimum absolute atomic E-state index is 0.388. The Bertz CT molecular complexity index is 561. The van der Waals surface area contributed by atoms with Gasteiger partial charge in [-0.05, 0) is 25.1 Å². The highest BCUT2D eigenvalue weighted by molar-refractivity contribution is 7.98. The molecule has 0 aliphatic heterocycles.